The molecule has 20 heavy (non-hydrogen) atoms. The van der Waals surface area contributed by atoms with Gasteiger partial charge in [0.15, 0.2) is 0 Å². The third kappa shape index (κ3) is 3.74. The summed E-state index contributed by atoms with van der Waals surface area (Å²) in [6.45, 7) is 0.244. The molecule has 0 spiro atoms. The number of benzene rings is 1. The van der Waals surface area contributed by atoms with Gasteiger partial charge in [-0.2, -0.15) is 23.4 Å². The highest BCUT2D eigenvalue weighted by atomic mass is 19.4. The molecule has 0 amide bonds. The molecule has 0 unspecified atom stereocenters. The Hall–Kier alpha value is -2.02. The number of halogens is 4. The average Bonchev–Trinajstić information content (AvgIpc) is 2.40. The predicted octanol–water partition coefficient (Wildman–Crippen LogP) is 2.92. The van der Waals surface area contributed by atoms with Crippen molar-refractivity contribution in [2.45, 2.75) is 19.3 Å². The van der Waals surface area contributed by atoms with Crippen LogP contribution >= 0.6 is 0 Å². The van der Waals surface area contributed by atoms with E-state index in [2.05, 4.69) is 15.5 Å². The van der Waals surface area contributed by atoms with Crippen molar-refractivity contribution in [3.05, 3.63) is 59.2 Å². The number of rotatable bonds is 4. The van der Waals surface area contributed by atoms with Gasteiger partial charge in [0.1, 0.15) is 5.82 Å². The molecule has 0 aliphatic heterocycles. The molecule has 0 aliphatic carbocycles. The third-order valence-corrected chi connectivity index (χ3v) is 2.63. The second kappa shape index (κ2) is 5.96. The molecule has 0 fully saturated rings. The lowest BCUT2D eigenvalue weighted by atomic mass is 10.1. The summed E-state index contributed by atoms with van der Waals surface area (Å²) < 4.78 is 51.2. The van der Waals surface area contributed by atoms with Gasteiger partial charge in [-0.1, -0.05) is 6.07 Å². The topological polar surface area (TPSA) is 37.8 Å². The quantitative estimate of drug-likeness (QED) is 0.878. The largest absolute Gasteiger partial charge is 0.416 e. The minimum atomic E-state index is -4.58. The predicted molar refractivity (Wildman–Crippen MR) is 64.0 cm³/mol. The van der Waals surface area contributed by atoms with E-state index < -0.39 is 17.6 Å². The van der Waals surface area contributed by atoms with Crippen LogP contribution < -0.4 is 5.32 Å². The van der Waals surface area contributed by atoms with E-state index >= 15 is 0 Å². The van der Waals surface area contributed by atoms with Crippen molar-refractivity contribution in [3.8, 4) is 0 Å². The second-order valence-electron chi connectivity index (χ2n) is 4.12. The summed E-state index contributed by atoms with van der Waals surface area (Å²) in [5.41, 5.74) is -0.366. The Morgan fingerprint density at radius 1 is 1.10 bits per heavy atom. The van der Waals surface area contributed by atoms with Crippen molar-refractivity contribution >= 4 is 0 Å². The van der Waals surface area contributed by atoms with Gasteiger partial charge in [-0.25, -0.2) is 4.39 Å². The number of hydrogen-bond donors (Lipinski definition) is 1. The number of nitrogens with zero attached hydrogens (tertiary/aromatic N) is 2. The number of nitrogens with one attached hydrogen (secondary N) is 1. The van der Waals surface area contributed by atoms with Crippen LogP contribution in [-0.4, -0.2) is 10.2 Å². The lowest BCUT2D eigenvalue weighted by Gasteiger charge is -2.13. The van der Waals surface area contributed by atoms with Crippen molar-refractivity contribution < 1.29 is 17.6 Å². The van der Waals surface area contributed by atoms with E-state index in [1.165, 1.54) is 6.20 Å². The highest BCUT2D eigenvalue weighted by Gasteiger charge is 2.33. The summed E-state index contributed by atoms with van der Waals surface area (Å²) >= 11 is 0. The summed E-state index contributed by atoms with van der Waals surface area (Å²) in [4.78, 5) is 0. The third-order valence-electron chi connectivity index (χ3n) is 2.63. The molecule has 2 rings (SSSR count). The van der Waals surface area contributed by atoms with E-state index in [0.29, 0.717) is 11.8 Å². The van der Waals surface area contributed by atoms with Crippen molar-refractivity contribution in [3.63, 3.8) is 0 Å². The zero-order valence-corrected chi connectivity index (χ0v) is 10.3. The molecule has 1 aromatic carbocycles. The Balaban J connectivity index is 2.06. The zero-order valence-electron chi connectivity index (χ0n) is 10.3. The molecule has 0 aliphatic rings. The normalized spacial score (nSPS) is 11.6. The fraction of sp³-hybridized carbons (Fsp3) is 0.231. The van der Waals surface area contributed by atoms with Gasteiger partial charge in [-0.3, -0.25) is 0 Å². The summed E-state index contributed by atoms with van der Waals surface area (Å²) in [5, 5.41) is 10.3. The molecule has 1 N–H and O–H groups in total. The standard InChI is InChI=1S/C13H11F4N3/c14-10-4-3-9(12(6-10)13(15,16)17)7-18-8-11-2-1-5-19-20-11/h1-6,18H,7-8H2. The van der Waals surface area contributed by atoms with Crippen LogP contribution in [-0.2, 0) is 19.3 Å². The molecule has 3 nitrogen and oxygen atoms in total. The first-order chi connectivity index (χ1) is 9.47. The number of aromatic nitrogens is 2. The second-order valence-corrected chi connectivity index (χ2v) is 4.12. The van der Waals surface area contributed by atoms with Gasteiger partial charge in [-0.05, 0) is 29.8 Å². The molecule has 0 saturated heterocycles. The van der Waals surface area contributed by atoms with E-state index in [4.69, 9.17) is 0 Å². The first-order valence-corrected chi connectivity index (χ1v) is 5.80. The van der Waals surface area contributed by atoms with E-state index in [9.17, 15) is 17.6 Å². The maximum Gasteiger partial charge on any atom is 0.416 e. The van der Waals surface area contributed by atoms with Gasteiger partial charge in [0.05, 0.1) is 11.3 Å². The summed E-state index contributed by atoms with van der Waals surface area (Å²) in [6, 6.07) is 6.02. The molecular weight excluding hydrogens is 274 g/mol. The number of hydrogen-bond acceptors (Lipinski definition) is 3. The Morgan fingerprint density at radius 2 is 1.90 bits per heavy atom. The Labute approximate surface area is 112 Å². The summed E-state index contributed by atoms with van der Waals surface area (Å²) in [7, 11) is 0. The molecule has 1 heterocycles. The molecule has 0 saturated carbocycles. The lowest BCUT2D eigenvalue weighted by Crippen LogP contribution is -2.18. The molecule has 7 heteroatoms. The van der Waals surface area contributed by atoms with Gasteiger partial charge >= 0.3 is 6.18 Å². The van der Waals surface area contributed by atoms with Crippen molar-refractivity contribution in [1.29, 1.82) is 0 Å². The molecule has 1 aromatic heterocycles. The maximum atomic E-state index is 12.9. The van der Waals surface area contributed by atoms with Gasteiger partial charge in [-0.15, -0.1) is 0 Å². The van der Waals surface area contributed by atoms with E-state index in [1.54, 1.807) is 12.1 Å². The molecule has 0 bridgehead atoms. The van der Waals surface area contributed by atoms with Crippen LogP contribution in [0.25, 0.3) is 0 Å². The first-order valence-electron chi connectivity index (χ1n) is 5.80. The van der Waals surface area contributed by atoms with Crippen molar-refractivity contribution in [1.82, 2.24) is 15.5 Å². The van der Waals surface area contributed by atoms with Crippen LogP contribution in [0.15, 0.2) is 36.5 Å². The Kier molecular flexibility index (Phi) is 4.29. The van der Waals surface area contributed by atoms with E-state index in [0.717, 1.165) is 12.1 Å². The first kappa shape index (κ1) is 14.4. The van der Waals surface area contributed by atoms with Crippen LogP contribution in [0.3, 0.4) is 0 Å². The highest BCUT2D eigenvalue weighted by Crippen LogP contribution is 2.32. The van der Waals surface area contributed by atoms with Crippen LogP contribution in [0, 0.1) is 5.82 Å². The minimum Gasteiger partial charge on any atom is -0.307 e. The monoisotopic (exact) mass is 285 g/mol. The molecular formula is C13H11F4N3. The molecule has 0 atom stereocenters. The minimum absolute atomic E-state index is 0.0113. The fourth-order valence-electron chi connectivity index (χ4n) is 1.72. The van der Waals surface area contributed by atoms with Gasteiger partial charge in [0.2, 0.25) is 0 Å². The molecule has 0 radical (unpaired) electrons. The van der Waals surface area contributed by atoms with E-state index in [-0.39, 0.29) is 18.7 Å². The Morgan fingerprint density at radius 3 is 2.55 bits per heavy atom. The fourth-order valence-corrected chi connectivity index (χ4v) is 1.72. The van der Waals surface area contributed by atoms with Crippen LogP contribution in [0.2, 0.25) is 0 Å². The Bertz CT molecular complexity index is 570. The summed E-state index contributed by atoms with van der Waals surface area (Å²) in [6.07, 6.45) is -3.07. The van der Waals surface area contributed by atoms with Crippen LogP contribution in [0.1, 0.15) is 16.8 Å². The maximum absolute atomic E-state index is 12.9. The van der Waals surface area contributed by atoms with Crippen LogP contribution in [0.5, 0.6) is 0 Å². The van der Waals surface area contributed by atoms with E-state index in [1.807, 2.05) is 0 Å². The SMILES string of the molecule is Fc1ccc(CNCc2cccnn2)c(C(F)(F)F)c1. The molecule has 106 valence electrons. The van der Waals surface area contributed by atoms with Crippen LogP contribution in [0.4, 0.5) is 17.6 Å². The zero-order chi connectivity index (χ0) is 14.6. The average molecular weight is 285 g/mol. The summed E-state index contributed by atoms with van der Waals surface area (Å²) in [5.74, 6) is -0.907. The lowest BCUT2D eigenvalue weighted by molar-refractivity contribution is -0.138. The van der Waals surface area contributed by atoms with Gasteiger partial charge in [0.25, 0.3) is 0 Å². The van der Waals surface area contributed by atoms with Crippen molar-refractivity contribution in [2.75, 3.05) is 0 Å². The van der Waals surface area contributed by atoms with Gasteiger partial charge in [0, 0.05) is 19.3 Å². The number of alkyl halides is 3. The smallest absolute Gasteiger partial charge is 0.307 e. The van der Waals surface area contributed by atoms with Crippen molar-refractivity contribution in [2.24, 2.45) is 0 Å². The van der Waals surface area contributed by atoms with Gasteiger partial charge < -0.3 is 5.32 Å². The highest BCUT2D eigenvalue weighted by molar-refractivity contribution is 5.30. The molecule has 2 aromatic rings.